The van der Waals surface area contributed by atoms with Crippen molar-refractivity contribution in [2.45, 2.75) is 39.4 Å². The first-order valence-electron chi connectivity index (χ1n) is 9.86. The highest BCUT2D eigenvalue weighted by atomic mass is 16.2. The molecule has 2 N–H and O–H groups in total. The summed E-state index contributed by atoms with van der Waals surface area (Å²) in [6.45, 7) is 6.88. The van der Waals surface area contributed by atoms with Crippen molar-refractivity contribution < 1.29 is 4.79 Å². The molecule has 1 aliphatic heterocycles. The quantitative estimate of drug-likeness (QED) is 0.591. The van der Waals surface area contributed by atoms with Crippen molar-refractivity contribution in [3.05, 3.63) is 53.9 Å². The number of carbonyl (C=O) groups excluding carboxylic acids is 1. The van der Waals surface area contributed by atoms with Gasteiger partial charge in [0.1, 0.15) is 0 Å². The number of carbonyl (C=O) groups is 1. The molecule has 1 saturated heterocycles. The molecule has 0 bridgehead atoms. The first-order valence-corrected chi connectivity index (χ1v) is 9.86. The summed E-state index contributed by atoms with van der Waals surface area (Å²) in [7, 11) is 1.77. The van der Waals surface area contributed by atoms with E-state index in [4.69, 9.17) is 0 Å². The highest BCUT2D eigenvalue weighted by Crippen LogP contribution is 2.13. The molecule has 28 heavy (non-hydrogen) atoms. The Kier molecular flexibility index (Phi) is 6.68. The van der Waals surface area contributed by atoms with Gasteiger partial charge in [0.25, 0.3) is 0 Å². The molecule has 150 valence electrons. The number of aromatic nitrogens is 2. The third-order valence-electron chi connectivity index (χ3n) is 4.91. The molecule has 1 aromatic carbocycles. The number of benzene rings is 1. The molecule has 0 aliphatic carbocycles. The van der Waals surface area contributed by atoms with Gasteiger partial charge in [-0.05, 0) is 23.6 Å². The zero-order chi connectivity index (χ0) is 19.9. The summed E-state index contributed by atoms with van der Waals surface area (Å²) >= 11 is 0. The summed E-state index contributed by atoms with van der Waals surface area (Å²) in [6, 6.07) is 10.6. The molecular formula is C21H30N6O. The molecule has 0 spiro atoms. The van der Waals surface area contributed by atoms with Crippen molar-refractivity contribution in [2.24, 2.45) is 10.9 Å². The van der Waals surface area contributed by atoms with Gasteiger partial charge in [-0.3, -0.25) is 14.5 Å². The van der Waals surface area contributed by atoms with Crippen LogP contribution in [0.15, 0.2) is 47.7 Å². The second-order valence-corrected chi connectivity index (χ2v) is 7.52. The summed E-state index contributed by atoms with van der Waals surface area (Å²) in [5.74, 6) is 1.03. The van der Waals surface area contributed by atoms with E-state index in [1.807, 2.05) is 35.7 Å². The van der Waals surface area contributed by atoms with E-state index in [-0.39, 0.29) is 17.9 Å². The zero-order valence-corrected chi connectivity index (χ0v) is 16.9. The van der Waals surface area contributed by atoms with Gasteiger partial charge in [0.2, 0.25) is 5.91 Å². The lowest BCUT2D eigenvalue weighted by Crippen LogP contribution is -2.45. The average molecular weight is 383 g/mol. The van der Waals surface area contributed by atoms with E-state index in [0.29, 0.717) is 6.54 Å². The highest BCUT2D eigenvalue weighted by molar-refractivity contribution is 5.81. The van der Waals surface area contributed by atoms with E-state index in [0.717, 1.165) is 32.0 Å². The molecule has 1 fully saturated rings. The average Bonchev–Trinajstić information content (AvgIpc) is 3.36. The second kappa shape index (κ2) is 9.39. The fourth-order valence-electron chi connectivity index (χ4n) is 3.44. The molecule has 1 atom stereocenters. The van der Waals surface area contributed by atoms with Crippen LogP contribution in [0.5, 0.6) is 0 Å². The molecule has 1 unspecified atom stereocenters. The third kappa shape index (κ3) is 5.34. The Morgan fingerprint density at radius 1 is 1.32 bits per heavy atom. The molecule has 0 saturated carbocycles. The smallest absolute Gasteiger partial charge is 0.225 e. The van der Waals surface area contributed by atoms with Crippen LogP contribution < -0.4 is 10.6 Å². The molecule has 2 heterocycles. The first-order chi connectivity index (χ1) is 13.5. The Morgan fingerprint density at radius 2 is 2.14 bits per heavy atom. The minimum absolute atomic E-state index is 0.0465. The molecule has 1 aromatic heterocycles. The normalized spacial score (nSPS) is 17.2. The van der Waals surface area contributed by atoms with Gasteiger partial charge in [-0.1, -0.05) is 38.1 Å². The van der Waals surface area contributed by atoms with E-state index in [2.05, 4.69) is 45.0 Å². The molecule has 1 aliphatic rings. The predicted octanol–water partition coefficient (Wildman–Crippen LogP) is 1.85. The van der Waals surface area contributed by atoms with Gasteiger partial charge < -0.3 is 15.5 Å². The highest BCUT2D eigenvalue weighted by Gasteiger charge is 2.27. The van der Waals surface area contributed by atoms with Gasteiger partial charge in [-0.15, -0.1) is 0 Å². The van der Waals surface area contributed by atoms with Gasteiger partial charge >= 0.3 is 0 Å². The maximum Gasteiger partial charge on any atom is 0.225 e. The van der Waals surface area contributed by atoms with Crippen molar-refractivity contribution >= 4 is 11.9 Å². The number of guanidine groups is 1. The van der Waals surface area contributed by atoms with E-state index in [1.165, 1.54) is 11.1 Å². The van der Waals surface area contributed by atoms with Gasteiger partial charge in [0, 0.05) is 51.0 Å². The number of nitrogens with one attached hydrogen (secondary N) is 2. The summed E-state index contributed by atoms with van der Waals surface area (Å²) < 4.78 is 1.91. The Bertz CT molecular complexity index is 799. The number of likely N-dealkylation sites (tertiary alicyclic amines) is 1. The fourth-order valence-corrected chi connectivity index (χ4v) is 3.44. The largest absolute Gasteiger partial charge is 0.352 e. The minimum Gasteiger partial charge on any atom is -0.352 e. The molecule has 7 nitrogen and oxygen atoms in total. The first kappa shape index (κ1) is 19.9. The van der Waals surface area contributed by atoms with Crippen LogP contribution in [0.2, 0.25) is 0 Å². The second-order valence-electron chi connectivity index (χ2n) is 7.52. The lowest BCUT2D eigenvalue weighted by atomic mass is 10.1. The van der Waals surface area contributed by atoms with Crippen molar-refractivity contribution in [2.75, 3.05) is 20.1 Å². The molecule has 1 amide bonds. The topological polar surface area (TPSA) is 74.6 Å². The van der Waals surface area contributed by atoms with E-state index in [9.17, 15) is 4.79 Å². The standard InChI is InChI=1S/C21H30N6O/c1-16(2)20(28)26-11-8-19(15-26)25-21(22-3)23-13-17-6-4-7-18(12-17)14-27-10-5-9-24-27/h4-7,9-10,12,16,19H,8,11,13-15H2,1-3H3,(H2,22,23,25). The van der Waals surface area contributed by atoms with E-state index in [1.54, 1.807) is 13.2 Å². The number of rotatable bonds is 6. The maximum atomic E-state index is 12.1. The molecular weight excluding hydrogens is 352 g/mol. The monoisotopic (exact) mass is 382 g/mol. The Labute approximate surface area is 166 Å². The van der Waals surface area contributed by atoms with Crippen molar-refractivity contribution in [1.29, 1.82) is 0 Å². The lowest BCUT2D eigenvalue weighted by Gasteiger charge is -2.20. The van der Waals surface area contributed by atoms with Gasteiger partial charge in [0.15, 0.2) is 5.96 Å². The number of hydrogen-bond acceptors (Lipinski definition) is 3. The van der Waals surface area contributed by atoms with E-state index < -0.39 is 0 Å². The summed E-state index contributed by atoms with van der Waals surface area (Å²) in [4.78, 5) is 18.4. The zero-order valence-electron chi connectivity index (χ0n) is 16.9. The van der Waals surface area contributed by atoms with Crippen LogP contribution in [0.3, 0.4) is 0 Å². The Morgan fingerprint density at radius 3 is 2.86 bits per heavy atom. The van der Waals surface area contributed by atoms with Crippen LogP contribution in [-0.2, 0) is 17.9 Å². The Balaban J connectivity index is 1.50. The van der Waals surface area contributed by atoms with Crippen molar-refractivity contribution in [3.63, 3.8) is 0 Å². The number of aliphatic imine (C=N–C) groups is 1. The molecule has 7 heteroatoms. The fraction of sp³-hybridized carbons (Fsp3) is 0.476. The summed E-state index contributed by atoms with van der Waals surface area (Å²) in [5.41, 5.74) is 2.40. The van der Waals surface area contributed by atoms with Crippen LogP contribution in [-0.4, -0.2) is 52.7 Å². The number of amides is 1. The lowest BCUT2D eigenvalue weighted by molar-refractivity contribution is -0.133. The summed E-state index contributed by atoms with van der Waals surface area (Å²) in [6.07, 6.45) is 4.70. The molecule has 2 aromatic rings. The van der Waals surface area contributed by atoms with Crippen LogP contribution >= 0.6 is 0 Å². The minimum atomic E-state index is 0.0465. The van der Waals surface area contributed by atoms with Gasteiger partial charge in [0.05, 0.1) is 6.54 Å². The number of hydrogen-bond donors (Lipinski definition) is 2. The molecule has 3 rings (SSSR count). The van der Waals surface area contributed by atoms with Crippen LogP contribution in [0, 0.1) is 5.92 Å². The maximum absolute atomic E-state index is 12.1. The van der Waals surface area contributed by atoms with Crippen LogP contribution in [0.25, 0.3) is 0 Å². The van der Waals surface area contributed by atoms with Crippen LogP contribution in [0.4, 0.5) is 0 Å². The van der Waals surface area contributed by atoms with Gasteiger partial charge in [-0.2, -0.15) is 5.10 Å². The Hall–Kier alpha value is -2.83. The number of nitrogens with zero attached hydrogens (tertiary/aromatic N) is 4. The SMILES string of the molecule is CN=C(NCc1cccc(Cn2cccn2)c1)NC1CCN(C(=O)C(C)C)C1. The van der Waals surface area contributed by atoms with Crippen molar-refractivity contribution in [1.82, 2.24) is 25.3 Å². The summed E-state index contributed by atoms with van der Waals surface area (Å²) in [5, 5.41) is 11.1. The molecule has 0 radical (unpaired) electrons. The van der Waals surface area contributed by atoms with Gasteiger partial charge in [-0.25, -0.2) is 0 Å². The third-order valence-corrected chi connectivity index (χ3v) is 4.91. The van der Waals surface area contributed by atoms with Crippen LogP contribution in [0.1, 0.15) is 31.4 Å². The predicted molar refractivity (Wildman–Crippen MR) is 111 cm³/mol. The van der Waals surface area contributed by atoms with Crippen molar-refractivity contribution in [3.8, 4) is 0 Å². The van der Waals surface area contributed by atoms with E-state index >= 15 is 0 Å².